The van der Waals surface area contributed by atoms with Gasteiger partial charge in [0.05, 0.1) is 16.5 Å². The number of carbonyl (C=O) groups is 3. The van der Waals surface area contributed by atoms with Gasteiger partial charge in [0.25, 0.3) is 11.8 Å². The molecule has 0 aliphatic rings. The van der Waals surface area contributed by atoms with Gasteiger partial charge in [-0.2, -0.15) is 0 Å². The highest BCUT2D eigenvalue weighted by atomic mass is 35.5. The third-order valence-corrected chi connectivity index (χ3v) is 6.79. The number of benzene rings is 3. The average molecular weight is 577 g/mol. The van der Waals surface area contributed by atoms with Gasteiger partial charge in [0.2, 0.25) is 5.91 Å². The van der Waals surface area contributed by atoms with Gasteiger partial charge in [-0.1, -0.05) is 47.5 Å². The summed E-state index contributed by atoms with van der Waals surface area (Å²) in [7, 11) is 0. The molecule has 4 aromatic rings. The monoisotopic (exact) mass is 576 g/mol. The molecule has 39 heavy (non-hydrogen) atoms. The molecule has 0 radical (unpaired) electrons. The van der Waals surface area contributed by atoms with Gasteiger partial charge < -0.3 is 16.0 Å². The lowest BCUT2D eigenvalue weighted by molar-refractivity contribution is -0.114. The highest BCUT2D eigenvalue weighted by Crippen LogP contribution is 2.26. The zero-order chi connectivity index (χ0) is 27.6. The number of amides is 3. The summed E-state index contributed by atoms with van der Waals surface area (Å²) in [6.07, 6.45) is 4.76. The van der Waals surface area contributed by atoms with Crippen molar-refractivity contribution in [2.75, 3.05) is 16.4 Å². The summed E-state index contributed by atoms with van der Waals surface area (Å²) in [6.45, 7) is 0. The van der Waals surface area contributed by atoms with Crippen molar-refractivity contribution >= 4 is 70.1 Å². The van der Waals surface area contributed by atoms with Gasteiger partial charge in [-0.3, -0.25) is 19.4 Å². The van der Waals surface area contributed by atoms with Crippen LogP contribution in [0.1, 0.15) is 15.9 Å². The summed E-state index contributed by atoms with van der Waals surface area (Å²) >= 11 is 13.4. The summed E-state index contributed by atoms with van der Waals surface area (Å²) in [5.41, 5.74) is 2.10. The molecular weight excluding hydrogens is 555 g/mol. The molecule has 1 aromatic heterocycles. The summed E-state index contributed by atoms with van der Waals surface area (Å²) in [6, 6.07) is 24.0. The minimum Gasteiger partial charge on any atom is -0.324 e. The normalized spacial score (nSPS) is 11.0. The van der Waals surface area contributed by atoms with Crippen LogP contribution in [-0.4, -0.2) is 28.5 Å². The number of nitrogens with one attached hydrogen (secondary N) is 3. The minimum absolute atomic E-state index is 0.0617. The fraction of sp³-hybridized carbons (Fsp3) is 0.0345. The Labute approximate surface area is 239 Å². The van der Waals surface area contributed by atoms with Crippen LogP contribution in [0.15, 0.2) is 108 Å². The highest BCUT2D eigenvalue weighted by Gasteiger charge is 2.15. The lowest BCUT2D eigenvalue weighted by Gasteiger charge is -2.12. The maximum absolute atomic E-state index is 13.1. The Morgan fingerprint density at radius 2 is 1.64 bits per heavy atom. The predicted molar refractivity (Wildman–Crippen MR) is 157 cm³/mol. The number of thioether (sulfide) groups is 1. The molecule has 196 valence electrons. The molecule has 0 spiro atoms. The van der Waals surface area contributed by atoms with E-state index in [4.69, 9.17) is 23.2 Å². The number of rotatable bonds is 9. The minimum atomic E-state index is -0.499. The van der Waals surface area contributed by atoms with Gasteiger partial charge in [0.15, 0.2) is 0 Å². The first-order valence-electron chi connectivity index (χ1n) is 11.6. The van der Waals surface area contributed by atoms with E-state index in [1.165, 1.54) is 11.8 Å². The average Bonchev–Trinajstić information content (AvgIpc) is 2.95. The van der Waals surface area contributed by atoms with Crippen LogP contribution in [0.25, 0.3) is 6.08 Å². The van der Waals surface area contributed by atoms with Crippen LogP contribution in [-0.2, 0) is 9.59 Å². The third-order valence-electron chi connectivity index (χ3n) is 5.21. The number of halogens is 2. The van der Waals surface area contributed by atoms with Crippen LogP contribution in [0.4, 0.5) is 11.4 Å². The van der Waals surface area contributed by atoms with Crippen molar-refractivity contribution in [1.82, 2.24) is 10.3 Å². The van der Waals surface area contributed by atoms with Crippen molar-refractivity contribution in [2.45, 2.75) is 4.90 Å². The lowest BCUT2D eigenvalue weighted by Crippen LogP contribution is -2.30. The molecular formula is C29H22Cl2N4O3S. The van der Waals surface area contributed by atoms with Crippen LogP contribution in [0.2, 0.25) is 10.0 Å². The fourth-order valence-electron chi connectivity index (χ4n) is 3.33. The van der Waals surface area contributed by atoms with Crippen molar-refractivity contribution in [3.05, 3.63) is 124 Å². The smallest absolute Gasteiger partial charge is 0.272 e. The summed E-state index contributed by atoms with van der Waals surface area (Å²) < 4.78 is 0. The summed E-state index contributed by atoms with van der Waals surface area (Å²) in [5.74, 6) is -0.995. The number of carbonyl (C=O) groups excluding carboxylic acids is 3. The van der Waals surface area contributed by atoms with E-state index in [1.54, 1.807) is 103 Å². The van der Waals surface area contributed by atoms with E-state index in [0.29, 0.717) is 32.5 Å². The molecule has 0 bridgehead atoms. The quantitative estimate of drug-likeness (QED) is 0.155. The van der Waals surface area contributed by atoms with E-state index >= 15 is 0 Å². The molecule has 3 amide bonds. The highest BCUT2D eigenvalue weighted by molar-refractivity contribution is 8.00. The standard InChI is InChI=1S/C29H22Cl2N4O3S/c30-21-8-13-24(31)25(16-21)34-27(36)18-39-23-11-9-22(10-12-23)33-29(38)26(15-19-5-4-14-32-17-19)35-28(37)20-6-2-1-3-7-20/h1-17H,18H2,(H,33,38)(H,34,36)(H,35,37)/b26-15-. The Balaban J connectivity index is 1.39. The van der Waals surface area contributed by atoms with Gasteiger partial charge in [0.1, 0.15) is 5.70 Å². The molecule has 0 aliphatic heterocycles. The van der Waals surface area contributed by atoms with Crippen molar-refractivity contribution < 1.29 is 14.4 Å². The number of hydrogen-bond donors (Lipinski definition) is 3. The molecule has 0 atom stereocenters. The number of pyridine rings is 1. The van der Waals surface area contributed by atoms with Crippen LogP contribution in [0.5, 0.6) is 0 Å². The second kappa shape index (κ2) is 13.6. The first kappa shape index (κ1) is 27.9. The van der Waals surface area contributed by atoms with Crippen LogP contribution in [0, 0.1) is 0 Å². The Hall–Kier alpha value is -4.11. The summed E-state index contributed by atoms with van der Waals surface area (Å²) in [5, 5.41) is 9.10. The van der Waals surface area contributed by atoms with Crippen molar-refractivity contribution in [3.63, 3.8) is 0 Å². The van der Waals surface area contributed by atoms with Crippen molar-refractivity contribution in [2.24, 2.45) is 0 Å². The SMILES string of the molecule is O=C(CSc1ccc(NC(=O)/C(=C/c2cccnc2)NC(=O)c2ccccc2)cc1)Nc1cc(Cl)ccc1Cl. The van der Waals surface area contributed by atoms with E-state index in [0.717, 1.165) is 4.90 Å². The second-order valence-corrected chi connectivity index (χ2v) is 10.00. The second-order valence-electron chi connectivity index (χ2n) is 8.10. The van der Waals surface area contributed by atoms with Crippen molar-refractivity contribution in [3.8, 4) is 0 Å². The molecule has 4 rings (SSSR count). The topological polar surface area (TPSA) is 100 Å². The Morgan fingerprint density at radius 1 is 0.872 bits per heavy atom. The van der Waals surface area contributed by atoms with Gasteiger partial charge in [-0.15, -0.1) is 11.8 Å². The zero-order valence-corrected chi connectivity index (χ0v) is 22.7. The number of hydrogen-bond acceptors (Lipinski definition) is 5. The van der Waals surface area contributed by atoms with Gasteiger partial charge in [0, 0.05) is 33.6 Å². The Morgan fingerprint density at radius 3 is 2.36 bits per heavy atom. The molecule has 3 aromatic carbocycles. The van der Waals surface area contributed by atoms with E-state index in [2.05, 4.69) is 20.9 Å². The molecule has 7 nitrogen and oxygen atoms in total. The maximum Gasteiger partial charge on any atom is 0.272 e. The molecule has 0 fully saturated rings. The molecule has 0 saturated heterocycles. The molecule has 0 unspecified atom stereocenters. The van der Waals surface area contributed by atoms with Gasteiger partial charge in [-0.05, 0) is 72.3 Å². The van der Waals surface area contributed by atoms with Crippen LogP contribution in [0.3, 0.4) is 0 Å². The Kier molecular flexibility index (Phi) is 9.74. The largest absolute Gasteiger partial charge is 0.324 e. The van der Waals surface area contributed by atoms with Crippen molar-refractivity contribution in [1.29, 1.82) is 0 Å². The fourth-order valence-corrected chi connectivity index (χ4v) is 4.37. The van der Waals surface area contributed by atoms with Gasteiger partial charge >= 0.3 is 0 Å². The Bertz CT molecular complexity index is 1500. The zero-order valence-electron chi connectivity index (χ0n) is 20.4. The number of nitrogens with zero attached hydrogens (tertiary/aromatic N) is 1. The summed E-state index contributed by atoms with van der Waals surface area (Å²) in [4.78, 5) is 43.1. The maximum atomic E-state index is 13.1. The van der Waals surface area contributed by atoms with E-state index in [1.807, 2.05) is 0 Å². The molecule has 3 N–H and O–H groups in total. The first-order chi connectivity index (χ1) is 18.9. The first-order valence-corrected chi connectivity index (χ1v) is 13.4. The van der Waals surface area contributed by atoms with E-state index < -0.39 is 11.8 Å². The van der Waals surface area contributed by atoms with Crippen LogP contribution >= 0.6 is 35.0 Å². The number of anilines is 2. The third kappa shape index (κ3) is 8.44. The van der Waals surface area contributed by atoms with E-state index in [-0.39, 0.29) is 17.4 Å². The predicted octanol–water partition coefficient (Wildman–Crippen LogP) is 6.53. The van der Waals surface area contributed by atoms with E-state index in [9.17, 15) is 14.4 Å². The van der Waals surface area contributed by atoms with Crippen LogP contribution < -0.4 is 16.0 Å². The molecule has 0 saturated carbocycles. The lowest BCUT2D eigenvalue weighted by atomic mass is 10.2. The molecule has 10 heteroatoms. The van der Waals surface area contributed by atoms with Gasteiger partial charge in [-0.25, -0.2) is 0 Å². The molecule has 0 aliphatic carbocycles. The number of aromatic nitrogens is 1. The molecule has 1 heterocycles.